The summed E-state index contributed by atoms with van der Waals surface area (Å²) < 4.78 is 27.0. The number of halogens is 2. The van der Waals surface area contributed by atoms with E-state index in [2.05, 4.69) is 5.32 Å². The molecule has 0 aliphatic heterocycles. The molecular weight excluding hydrogens is 234 g/mol. The van der Waals surface area contributed by atoms with E-state index in [4.69, 9.17) is 5.73 Å². The van der Waals surface area contributed by atoms with E-state index in [0.717, 1.165) is 17.7 Å². The number of aryl methyl sites for hydroxylation is 2. The molecule has 0 unspecified atom stereocenters. The number of rotatable bonds is 2. The smallest absolute Gasteiger partial charge is 0.147 e. The number of anilines is 3. The summed E-state index contributed by atoms with van der Waals surface area (Å²) in [6.07, 6.45) is 0. The van der Waals surface area contributed by atoms with Crippen molar-refractivity contribution < 1.29 is 8.78 Å². The lowest BCUT2D eigenvalue weighted by Gasteiger charge is -2.10. The van der Waals surface area contributed by atoms with E-state index in [0.29, 0.717) is 11.4 Å². The molecule has 2 aromatic rings. The van der Waals surface area contributed by atoms with Gasteiger partial charge in [-0.05, 0) is 49.2 Å². The van der Waals surface area contributed by atoms with E-state index in [1.54, 1.807) is 12.1 Å². The molecule has 0 fully saturated rings. The Bertz CT molecular complexity index is 574. The van der Waals surface area contributed by atoms with Crippen molar-refractivity contribution in [2.45, 2.75) is 13.8 Å². The third-order valence-electron chi connectivity index (χ3n) is 2.63. The highest BCUT2D eigenvalue weighted by molar-refractivity contribution is 5.65. The lowest BCUT2D eigenvalue weighted by molar-refractivity contribution is 0.595. The van der Waals surface area contributed by atoms with Crippen molar-refractivity contribution in [1.29, 1.82) is 0 Å². The number of nitrogen functional groups attached to an aromatic ring is 1. The fourth-order valence-corrected chi connectivity index (χ4v) is 1.78. The van der Waals surface area contributed by atoms with Crippen LogP contribution in [0.15, 0.2) is 30.3 Å². The van der Waals surface area contributed by atoms with Gasteiger partial charge in [0.15, 0.2) is 0 Å². The fraction of sp³-hybridized carbons (Fsp3) is 0.143. The van der Waals surface area contributed by atoms with Crippen molar-refractivity contribution >= 4 is 17.1 Å². The molecule has 0 saturated carbocycles. The highest BCUT2D eigenvalue weighted by Crippen LogP contribution is 2.25. The molecular formula is C14H14F2N2. The summed E-state index contributed by atoms with van der Waals surface area (Å²) in [6, 6.07) is 7.59. The Kier molecular flexibility index (Phi) is 3.19. The normalized spacial score (nSPS) is 10.4. The summed E-state index contributed by atoms with van der Waals surface area (Å²) >= 11 is 0. The van der Waals surface area contributed by atoms with E-state index in [1.807, 2.05) is 13.0 Å². The van der Waals surface area contributed by atoms with E-state index < -0.39 is 11.6 Å². The van der Waals surface area contributed by atoms with Crippen LogP contribution < -0.4 is 11.1 Å². The fourth-order valence-electron chi connectivity index (χ4n) is 1.78. The Hall–Kier alpha value is -2.10. The van der Waals surface area contributed by atoms with Crippen LogP contribution in [0.2, 0.25) is 0 Å². The van der Waals surface area contributed by atoms with Gasteiger partial charge in [0.1, 0.15) is 11.6 Å². The molecule has 0 atom stereocenters. The summed E-state index contributed by atoms with van der Waals surface area (Å²) in [6.45, 7) is 3.40. The average molecular weight is 248 g/mol. The van der Waals surface area contributed by atoms with Crippen molar-refractivity contribution in [2.75, 3.05) is 11.1 Å². The maximum Gasteiger partial charge on any atom is 0.147 e. The maximum atomic E-state index is 13.7. The molecule has 0 bridgehead atoms. The lowest BCUT2D eigenvalue weighted by Crippen LogP contribution is -1.98. The molecule has 0 heterocycles. The van der Waals surface area contributed by atoms with Gasteiger partial charge in [-0.2, -0.15) is 0 Å². The zero-order chi connectivity index (χ0) is 13.3. The summed E-state index contributed by atoms with van der Waals surface area (Å²) in [4.78, 5) is 0. The number of hydrogen-bond acceptors (Lipinski definition) is 2. The van der Waals surface area contributed by atoms with Gasteiger partial charge in [-0.1, -0.05) is 0 Å². The Labute approximate surface area is 104 Å². The Morgan fingerprint density at radius 1 is 0.944 bits per heavy atom. The van der Waals surface area contributed by atoms with Gasteiger partial charge in [-0.25, -0.2) is 8.78 Å². The minimum absolute atomic E-state index is 0.100. The largest absolute Gasteiger partial charge is 0.399 e. The topological polar surface area (TPSA) is 38.0 Å². The van der Waals surface area contributed by atoms with Crippen LogP contribution in [0, 0.1) is 25.5 Å². The van der Waals surface area contributed by atoms with Crippen molar-refractivity contribution in [2.24, 2.45) is 0 Å². The van der Waals surface area contributed by atoms with Gasteiger partial charge in [-0.3, -0.25) is 0 Å². The summed E-state index contributed by atoms with van der Waals surface area (Å²) in [5.74, 6) is -0.937. The van der Waals surface area contributed by atoms with Crippen molar-refractivity contribution in [3.63, 3.8) is 0 Å². The van der Waals surface area contributed by atoms with Crippen LogP contribution in [0.5, 0.6) is 0 Å². The van der Waals surface area contributed by atoms with Crippen molar-refractivity contribution in [3.8, 4) is 0 Å². The molecule has 2 aromatic carbocycles. The monoisotopic (exact) mass is 248 g/mol. The van der Waals surface area contributed by atoms with Crippen LogP contribution in [0.25, 0.3) is 0 Å². The second kappa shape index (κ2) is 4.64. The molecule has 0 aliphatic carbocycles. The molecule has 4 heteroatoms. The average Bonchev–Trinajstić information content (AvgIpc) is 2.24. The summed E-state index contributed by atoms with van der Waals surface area (Å²) in [7, 11) is 0. The molecule has 0 saturated heterocycles. The predicted octanol–water partition coefficient (Wildman–Crippen LogP) is 3.91. The first-order valence-corrected chi connectivity index (χ1v) is 5.55. The quantitative estimate of drug-likeness (QED) is 0.791. The molecule has 0 aromatic heterocycles. The van der Waals surface area contributed by atoms with E-state index >= 15 is 0 Å². The molecule has 0 amide bonds. The lowest BCUT2D eigenvalue weighted by atomic mass is 10.1. The molecule has 0 aliphatic rings. The molecule has 94 valence electrons. The van der Waals surface area contributed by atoms with Crippen LogP contribution in [-0.2, 0) is 0 Å². The van der Waals surface area contributed by atoms with E-state index in [-0.39, 0.29) is 11.3 Å². The van der Waals surface area contributed by atoms with E-state index in [9.17, 15) is 8.78 Å². The highest BCUT2D eigenvalue weighted by Gasteiger charge is 2.07. The van der Waals surface area contributed by atoms with Gasteiger partial charge in [0.05, 0.1) is 5.69 Å². The maximum absolute atomic E-state index is 13.7. The van der Waals surface area contributed by atoms with Gasteiger partial charge in [0, 0.05) is 17.4 Å². The van der Waals surface area contributed by atoms with Gasteiger partial charge < -0.3 is 11.1 Å². The van der Waals surface area contributed by atoms with Crippen LogP contribution in [0.1, 0.15) is 11.1 Å². The van der Waals surface area contributed by atoms with Gasteiger partial charge in [0.25, 0.3) is 0 Å². The zero-order valence-corrected chi connectivity index (χ0v) is 10.2. The van der Waals surface area contributed by atoms with Crippen LogP contribution in [-0.4, -0.2) is 0 Å². The Balaban J connectivity index is 2.36. The summed E-state index contributed by atoms with van der Waals surface area (Å²) in [5.41, 5.74) is 8.23. The SMILES string of the molecule is Cc1cc(N)cc(Nc2cc(F)c(C)cc2F)c1. The van der Waals surface area contributed by atoms with Crippen LogP contribution >= 0.6 is 0 Å². The molecule has 3 N–H and O–H groups in total. The van der Waals surface area contributed by atoms with Crippen molar-refractivity contribution in [3.05, 3.63) is 53.1 Å². The minimum Gasteiger partial charge on any atom is -0.399 e. The molecule has 2 nitrogen and oxygen atoms in total. The van der Waals surface area contributed by atoms with Gasteiger partial charge in [0.2, 0.25) is 0 Å². The molecule has 0 radical (unpaired) electrons. The second-order valence-corrected chi connectivity index (χ2v) is 4.34. The van der Waals surface area contributed by atoms with E-state index in [1.165, 1.54) is 6.92 Å². The first-order chi connectivity index (χ1) is 8.45. The van der Waals surface area contributed by atoms with Crippen LogP contribution in [0.4, 0.5) is 25.8 Å². The third-order valence-corrected chi connectivity index (χ3v) is 2.63. The number of hydrogen-bond donors (Lipinski definition) is 2. The Morgan fingerprint density at radius 2 is 1.67 bits per heavy atom. The third kappa shape index (κ3) is 2.59. The highest BCUT2D eigenvalue weighted by atomic mass is 19.1. The standard InChI is InChI=1S/C14H14F2N2/c1-8-3-10(17)6-11(4-8)18-14-7-12(15)9(2)5-13(14)16/h3-7,18H,17H2,1-2H3. The Morgan fingerprint density at radius 3 is 2.33 bits per heavy atom. The second-order valence-electron chi connectivity index (χ2n) is 4.34. The number of benzene rings is 2. The summed E-state index contributed by atoms with van der Waals surface area (Å²) in [5, 5.41) is 2.83. The molecule has 0 spiro atoms. The number of nitrogens with one attached hydrogen (secondary N) is 1. The first-order valence-electron chi connectivity index (χ1n) is 5.55. The minimum atomic E-state index is -0.492. The predicted molar refractivity (Wildman–Crippen MR) is 70.0 cm³/mol. The number of nitrogens with two attached hydrogens (primary N) is 1. The first kappa shape index (κ1) is 12.4. The van der Waals surface area contributed by atoms with Crippen molar-refractivity contribution in [1.82, 2.24) is 0 Å². The zero-order valence-electron chi connectivity index (χ0n) is 10.2. The molecule has 18 heavy (non-hydrogen) atoms. The van der Waals surface area contributed by atoms with Gasteiger partial charge in [-0.15, -0.1) is 0 Å². The van der Waals surface area contributed by atoms with Gasteiger partial charge >= 0.3 is 0 Å². The van der Waals surface area contributed by atoms with Crippen LogP contribution in [0.3, 0.4) is 0 Å². The molecule has 2 rings (SSSR count).